The molecule has 1 aromatic heterocycles. The van der Waals surface area contributed by atoms with Gasteiger partial charge in [0, 0.05) is 10.7 Å². The zero-order valence-electron chi connectivity index (χ0n) is 6.10. The van der Waals surface area contributed by atoms with E-state index in [9.17, 15) is 18.0 Å². The van der Waals surface area contributed by atoms with Crippen molar-refractivity contribution in [3.63, 3.8) is 0 Å². The van der Waals surface area contributed by atoms with Gasteiger partial charge in [-0.15, -0.1) is 0 Å². The average Bonchev–Trinajstić information content (AvgIpc) is 2.02. The first kappa shape index (κ1) is 10.2. The van der Waals surface area contributed by atoms with Gasteiger partial charge in [-0.25, -0.2) is 0 Å². The van der Waals surface area contributed by atoms with Crippen molar-refractivity contribution in [2.75, 3.05) is 0 Å². The lowest BCUT2D eigenvalue weighted by molar-refractivity contribution is -0.141. The number of carbonyl (C=O) groups is 1. The number of rotatable bonds is 1. The van der Waals surface area contributed by atoms with Crippen LogP contribution in [0, 0.1) is 0 Å². The number of aldehydes is 1. The molecule has 6 heteroatoms. The molecule has 0 amide bonds. The maximum absolute atomic E-state index is 12.2. The number of halogens is 4. The van der Waals surface area contributed by atoms with Gasteiger partial charge in [-0.05, 0) is 22.0 Å². The van der Waals surface area contributed by atoms with Crippen molar-refractivity contribution in [2.45, 2.75) is 6.18 Å². The second-order valence-corrected chi connectivity index (χ2v) is 3.03. The highest BCUT2D eigenvalue weighted by atomic mass is 79.9. The Kier molecular flexibility index (Phi) is 2.70. The first-order chi connectivity index (χ1) is 5.96. The van der Waals surface area contributed by atoms with E-state index in [0.29, 0.717) is 0 Å². The van der Waals surface area contributed by atoms with Crippen LogP contribution in [-0.4, -0.2) is 11.3 Å². The number of nitrogens with zero attached hydrogens (tertiary/aromatic N) is 1. The SMILES string of the molecule is O=Cc1c(Br)ccnc1C(F)(F)F. The second kappa shape index (κ2) is 3.45. The summed E-state index contributed by atoms with van der Waals surface area (Å²) in [6, 6.07) is 1.28. The molecule has 0 aliphatic heterocycles. The molecule has 0 aliphatic carbocycles. The number of hydrogen-bond donors (Lipinski definition) is 0. The van der Waals surface area contributed by atoms with Gasteiger partial charge in [-0.3, -0.25) is 9.78 Å². The van der Waals surface area contributed by atoms with E-state index in [1.54, 1.807) is 0 Å². The molecule has 0 aromatic carbocycles. The molecular formula is C7H3BrF3NO. The van der Waals surface area contributed by atoms with Crippen molar-refractivity contribution >= 4 is 22.2 Å². The van der Waals surface area contributed by atoms with Crippen LogP contribution in [0.25, 0.3) is 0 Å². The van der Waals surface area contributed by atoms with Crippen molar-refractivity contribution in [3.8, 4) is 0 Å². The minimum absolute atomic E-state index is 0.0878. The molecule has 0 fully saturated rings. The van der Waals surface area contributed by atoms with Gasteiger partial charge >= 0.3 is 6.18 Å². The van der Waals surface area contributed by atoms with Gasteiger partial charge in [0.05, 0.1) is 5.56 Å². The third-order valence-electron chi connectivity index (χ3n) is 1.32. The Balaban J connectivity index is 3.37. The van der Waals surface area contributed by atoms with E-state index < -0.39 is 17.4 Å². The number of pyridine rings is 1. The van der Waals surface area contributed by atoms with Crippen LogP contribution in [0.5, 0.6) is 0 Å². The number of hydrogen-bond acceptors (Lipinski definition) is 2. The molecule has 13 heavy (non-hydrogen) atoms. The van der Waals surface area contributed by atoms with Crippen LogP contribution in [0.1, 0.15) is 16.1 Å². The van der Waals surface area contributed by atoms with E-state index in [1.807, 2.05) is 0 Å². The van der Waals surface area contributed by atoms with E-state index in [4.69, 9.17) is 0 Å². The quantitative estimate of drug-likeness (QED) is 0.721. The summed E-state index contributed by atoms with van der Waals surface area (Å²) in [4.78, 5) is 13.4. The summed E-state index contributed by atoms with van der Waals surface area (Å²) in [5.41, 5.74) is -1.65. The van der Waals surface area contributed by atoms with Crippen LogP contribution < -0.4 is 0 Å². The van der Waals surface area contributed by atoms with Gasteiger partial charge in [0.25, 0.3) is 0 Å². The summed E-state index contributed by atoms with van der Waals surface area (Å²) in [7, 11) is 0. The lowest BCUT2D eigenvalue weighted by atomic mass is 10.2. The van der Waals surface area contributed by atoms with Crippen LogP contribution in [0.3, 0.4) is 0 Å². The number of carbonyl (C=O) groups excluding carboxylic acids is 1. The third-order valence-corrected chi connectivity index (χ3v) is 2.01. The van der Waals surface area contributed by atoms with Crippen molar-refractivity contribution in [1.82, 2.24) is 4.98 Å². The van der Waals surface area contributed by atoms with Crippen molar-refractivity contribution < 1.29 is 18.0 Å². The highest BCUT2D eigenvalue weighted by Crippen LogP contribution is 2.32. The standard InChI is InChI=1S/C7H3BrF3NO/c8-5-1-2-12-6(4(5)3-13)7(9,10)11/h1-3H. The van der Waals surface area contributed by atoms with E-state index in [2.05, 4.69) is 20.9 Å². The average molecular weight is 254 g/mol. The Bertz CT molecular complexity index is 337. The third kappa shape index (κ3) is 2.06. The molecule has 0 aliphatic rings. The van der Waals surface area contributed by atoms with Crippen LogP contribution in [0.4, 0.5) is 13.2 Å². The molecular weight excluding hydrogens is 251 g/mol. The Morgan fingerprint density at radius 3 is 2.46 bits per heavy atom. The van der Waals surface area contributed by atoms with E-state index >= 15 is 0 Å². The van der Waals surface area contributed by atoms with Gasteiger partial charge in [-0.1, -0.05) is 0 Å². The molecule has 0 atom stereocenters. The first-order valence-corrected chi connectivity index (χ1v) is 3.93. The second-order valence-electron chi connectivity index (χ2n) is 2.17. The summed E-state index contributed by atoms with van der Waals surface area (Å²) in [6.07, 6.45) is -3.49. The summed E-state index contributed by atoms with van der Waals surface area (Å²) >= 11 is 2.83. The summed E-state index contributed by atoms with van der Waals surface area (Å²) in [6.45, 7) is 0. The van der Waals surface area contributed by atoms with Gasteiger partial charge in [0.1, 0.15) is 0 Å². The van der Waals surface area contributed by atoms with Crippen LogP contribution in [0.15, 0.2) is 16.7 Å². The fourth-order valence-electron chi connectivity index (χ4n) is 0.788. The van der Waals surface area contributed by atoms with Crippen LogP contribution in [-0.2, 0) is 6.18 Å². The van der Waals surface area contributed by atoms with Gasteiger partial charge in [-0.2, -0.15) is 13.2 Å². The van der Waals surface area contributed by atoms with E-state index in [-0.39, 0.29) is 10.8 Å². The molecule has 0 spiro atoms. The zero-order chi connectivity index (χ0) is 10.1. The van der Waals surface area contributed by atoms with Crippen LogP contribution in [0.2, 0.25) is 0 Å². The molecule has 0 saturated carbocycles. The normalized spacial score (nSPS) is 11.4. The highest BCUT2D eigenvalue weighted by Gasteiger charge is 2.35. The van der Waals surface area contributed by atoms with Gasteiger partial charge in [0.15, 0.2) is 12.0 Å². The monoisotopic (exact) mass is 253 g/mol. The summed E-state index contributed by atoms with van der Waals surface area (Å²) in [5.74, 6) is 0. The Labute approximate surface area is 79.9 Å². The predicted molar refractivity (Wildman–Crippen MR) is 42.3 cm³/mol. The molecule has 1 rings (SSSR count). The molecule has 0 radical (unpaired) electrons. The maximum atomic E-state index is 12.2. The fourth-order valence-corrected chi connectivity index (χ4v) is 1.19. The summed E-state index contributed by atoms with van der Waals surface area (Å²) in [5, 5.41) is 0. The highest BCUT2D eigenvalue weighted by molar-refractivity contribution is 9.10. The molecule has 1 heterocycles. The lowest BCUT2D eigenvalue weighted by Gasteiger charge is -2.08. The van der Waals surface area contributed by atoms with E-state index in [0.717, 1.165) is 6.20 Å². The number of aromatic nitrogens is 1. The molecule has 0 N–H and O–H groups in total. The molecule has 1 aromatic rings. The zero-order valence-corrected chi connectivity index (χ0v) is 7.69. The molecule has 70 valence electrons. The molecule has 0 unspecified atom stereocenters. The van der Waals surface area contributed by atoms with Crippen LogP contribution >= 0.6 is 15.9 Å². The first-order valence-electron chi connectivity index (χ1n) is 3.13. The largest absolute Gasteiger partial charge is 0.434 e. The Morgan fingerprint density at radius 2 is 2.08 bits per heavy atom. The van der Waals surface area contributed by atoms with Crippen molar-refractivity contribution in [3.05, 3.63) is 28.0 Å². The minimum Gasteiger partial charge on any atom is -0.298 e. The number of alkyl halides is 3. The molecule has 0 saturated heterocycles. The Morgan fingerprint density at radius 1 is 1.46 bits per heavy atom. The van der Waals surface area contributed by atoms with Gasteiger partial charge < -0.3 is 0 Å². The minimum atomic E-state index is -4.60. The molecule has 2 nitrogen and oxygen atoms in total. The Hall–Kier alpha value is -0.910. The van der Waals surface area contributed by atoms with Crippen molar-refractivity contribution in [1.29, 1.82) is 0 Å². The smallest absolute Gasteiger partial charge is 0.298 e. The van der Waals surface area contributed by atoms with E-state index in [1.165, 1.54) is 6.07 Å². The lowest BCUT2D eigenvalue weighted by Crippen LogP contribution is -2.11. The predicted octanol–water partition coefficient (Wildman–Crippen LogP) is 2.68. The van der Waals surface area contributed by atoms with Crippen molar-refractivity contribution in [2.24, 2.45) is 0 Å². The summed E-state index contributed by atoms with van der Waals surface area (Å²) < 4.78 is 36.6. The molecule has 0 bridgehead atoms. The maximum Gasteiger partial charge on any atom is 0.434 e. The fraction of sp³-hybridized carbons (Fsp3) is 0.143. The van der Waals surface area contributed by atoms with Gasteiger partial charge in [0.2, 0.25) is 0 Å². The topological polar surface area (TPSA) is 30.0 Å².